The number of benzene rings is 1. The number of carbonyl (C=O) groups is 1. The highest BCUT2D eigenvalue weighted by Crippen LogP contribution is 2.15. The predicted molar refractivity (Wildman–Crippen MR) is 102 cm³/mol. The lowest BCUT2D eigenvalue weighted by Gasteiger charge is -2.10. The second kappa shape index (κ2) is 7.82. The Bertz CT molecular complexity index is 954. The van der Waals surface area contributed by atoms with Gasteiger partial charge in [-0.2, -0.15) is 0 Å². The predicted octanol–water partition coefficient (Wildman–Crippen LogP) is 3.46. The lowest BCUT2D eigenvalue weighted by atomic mass is 10.0. The Labute approximate surface area is 151 Å². The number of aryl methyl sites for hydroxylation is 2. The molecule has 0 fully saturated rings. The van der Waals surface area contributed by atoms with Crippen molar-refractivity contribution in [1.29, 1.82) is 0 Å². The molecule has 2 heterocycles. The molecule has 6 heteroatoms. The molecule has 2 N–H and O–H groups in total. The fraction of sp³-hybridized carbons (Fsp3) is 0.250. The van der Waals surface area contributed by atoms with Crippen LogP contribution in [0.3, 0.4) is 0 Å². The highest BCUT2D eigenvalue weighted by Gasteiger charge is 2.11. The molecule has 1 aromatic carbocycles. The molecule has 0 radical (unpaired) electrons. The van der Waals surface area contributed by atoms with Gasteiger partial charge in [-0.25, -0.2) is 9.67 Å². The number of unbranched alkanes of at least 4 members (excludes halogenated alkanes) is 1. The van der Waals surface area contributed by atoms with Crippen molar-refractivity contribution in [3.05, 3.63) is 75.8 Å². The first kappa shape index (κ1) is 17.7. The molecule has 2 aromatic heterocycles. The molecule has 0 aliphatic carbocycles. The molecular weight excluding hydrogens is 328 g/mol. The summed E-state index contributed by atoms with van der Waals surface area (Å²) in [6, 6.07) is 12.6. The number of H-pyrrole nitrogens is 1. The van der Waals surface area contributed by atoms with Crippen molar-refractivity contribution in [3.8, 4) is 5.82 Å². The van der Waals surface area contributed by atoms with E-state index in [0.29, 0.717) is 17.1 Å². The van der Waals surface area contributed by atoms with E-state index in [4.69, 9.17) is 0 Å². The van der Waals surface area contributed by atoms with Crippen molar-refractivity contribution < 1.29 is 4.79 Å². The van der Waals surface area contributed by atoms with Crippen LogP contribution in [0.1, 0.15) is 41.4 Å². The summed E-state index contributed by atoms with van der Waals surface area (Å²) >= 11 is 0. The van der Waals surface area contributed by atoms with Crippen molar-refractivity contribution in [2.24, 2.45) is 0 Å². The zero-order chi connectivity index (χ0) is 18.5. The molecule has 0 aliphatic heterocycles. The summed E-state index contributed by atoms with van der Waals surface area (Å²) < 4.78 is 1.36. The maximum atomic E-state index is 12.6. The average Bonchev–Trinajstić information content (AvgIpc) is 2.99. The number of hydrogen-bond donors (Lipinski definition) is 2. The van der Waals surface area contributed by atoms with Gasteiger partial charge in [0.2, 0.25) is 0 Å². The maximum Gasteiger partial charge on any atom is 0.272 e. The summed E-state index contributed by atoms with van der Waals surface area (Å²) in [6.45, 7) is 3.94. The second-order valence-electron chi connectivity index (χ2n) is 6.23. The molecule has 0 atom stereocenters. The molecule has 134 valence electrons. The van der Waals surface area contributed by atoms with E-state index in [0.717, 1.165) is 30.5 Å². The largest absolute Gasteiger partial charge is 0.321 e. The monoisotopic (exact) mass is 350 g/mol. The minimum Gasteiger partial charge on any atom is -0.321 e. The van der Waals surface area contributed by atoms with Gasteiger partial charge in [-0.05, 0) is 43.5 Å². The first-order valence-electron chi connectivity index (χ1n) is 8.73. The van der Waals surface area contributed by atoms with E-state index in [2.05, 4.69) is 22.3 Å². The zero-order valence-electron chi connectivity index (χ0n) is 15.0. The second-order valence-corrected chi connectivity index (χ2v) is 6.23. The minimum atomic E-state index is -0.170. The number of aromatic amines is 1. The fourth-order valence-corrected chi connectivity index (χ4v) is 2.80. The zero-order valence-corrected chi connectivity index (χ0v) is 15.0. The summed E-state index contributed by atoms with van der Waals surface area (Å²) in [6.07, 6.45) is 4.56. The molecule has 0 saturated carbocycles. The lowest BCUT2D eigenvalue weighted by molar-refractivity contribution is 0.102. The SMILES string of the molecule is CCCCc1ccccc1C(=O)Nc1ccc(-n2[nH]c(C)cc2=O)nc1. The highest BCUT2D eigenvalue weighted by molar-refractivity contribution is 6.05. The van der Waals surface area contributed by atoms with Crippen molar-refractivity contribution in [2.45, 2.75) is 33.1 Å². The number of nitrogens with zero attached hydrogens (tertiary/aromatic N) is 2. The van der Waals surface area contributed by atoms with E-state index in [-0.39, 0.29) is 11.5 Å². The first-order chi connectivity index (χ1) is 12.6. The number of anilines is 1. The third-order valence-electron chi connectivity index (χ3n) is 4.15. The standard InChI is InChI=1S/C20H22N4O2/c1-3-4-7-15-8-5-6-9-17(15)20(26)22-16-10-11-18(21-13-16)24-19(25)12-14(2)23-24/h5-6,8-13,23H,3-4,7H2,1-2H3,(H,22,26). The van der Waals surface area contributed by atoms with Crippen molar-refractivity contribution in [1.82, 2.24) is 14.8 Å². The molecule has 3 rings (SSSR count). The molecule has 0 aliphatic rings. The topological polar surface area (TPSA) is 79.8 Å². The van der Waals surface area contributed by atoms with Crippen LogP contribution in [0.4, 0.5) is 5.69 Å². The molecule has 6 nitrogen and oxygen atoms in total. The summed E-state index contributed by atoms with van der Waals surface area (Å²) in [5.41, 5.74) is 2.90. The Morgan fingerprint density at radius 1 is 1.23 bits per heavy atom. The van der Waals surface area contributed by atoms with Gasteiger partial charge in [0.05, 0.1) is 11.9 Å². The van der Waals surface area contributed by atoms with E-state index in [1.165, 1.54) is 10.7 Å². The van der Waals surface area contributed by atoms with Gasteiger partial charge in [0.15, 0.2) is 5.82 Å². The van der Waals surface area contributed by atoms with Crippen LogP contribution in [-0.4, -0.2) is 20.7 Å². The van der Waals surface area contributed by atoms with Gasteiger partial charge in [0, 0.05) is 17.3 Å². The summed E-state index contributed by atoms with van der Waals surface area (Å²) in [5.74, 6) is 0.323. The average molecular weight is 350 g/mol. The Morgan fingerprint density at radius 3 is 2.69 bits per heavy atom. The summed E-state index contributed by atoms with van der Waals surface area (Å²) in [5, 5.41) is 5.80. The van der Waals surface area contributed by atoms with Gasteiger partial charge < -0.3 is 5.32 Å². The smallest absolute Gasteiger partial charge is 0.272 e. The van der Waals surface area contributed by atoms with Gasteiger partial charge in [-0.1, -0.05) is 31.5 Å². The van der Waals surface area contributed by atoms with E-state index < -0.39 is 0 Å². The van der Waals surface area contributed by atoms with Gasteiger partial charge in [0.1, 0.15) is 0 Å². The molecule has 0 saturated heterocycles. The Balaban J connectivity index is 1.76. The number of carbonyl (C=O) groups excluding carboxylic acids is 1. The van der Waals surface area contributed by atoms with Gasteiger partial charge in [-0.3, -0.25) is 14.7 Å². The van der Waals surface area contributed by atoms with Crippen molar-refractivity contribution in [3.63, 3.8) is 0 Å². The van der Waals surface area contributed by atoms with Crippen LogP contribution in [0, 0.1) is 6.92 Å². The number of nitrogens with one attached hydrogen (secondary N) is 2. The van der Waals surface area contributed by atoms with Crippen LogP contribution in [0.25, 0.3) is 5.82 Å². The third-order valence-corrected chi connectivity index (χ3v) is 4.15. The van der Waals surface area contributed by atoms with Crippen molar-refractivity contribution in [2.75, 3.05) is 5.32 Å². The summed E-state index contributed by atoms with van der Waals surface area (Å²) in [4.78, 5) is 28.7. The molecule has 0 spiro atoms. The van der Waals surface area contributed by atoms with Crippen LogP contribution in [0.5, 0.6) is 0 Å². The van der Waals surface area contributed by atoms with E-state index in [1.807, 2.05) is 31.2 Å². The van der Waals surface area contributed by atoms with Crippen LogP contribution < -0.4 is 10.9 Å². The molecule has 26 heavy (non-hydrogen) atoms. The Morgan fingerprint density at radius 2 is 2.04 bits per heavy atom. The molecule has 1 amide bonds. The first-order valence-corrected chi connectivity index (χ1v) is 8.73. The normalized spacial score (nSPS) is 10.7. The molecular formula is C20H22N4O2. The Kier molecular flexibility index (Phi) is 5.31. The number of amides is 1. The molecule has 0 unspecified atom stereocenters. The van der Waals surface area contributed by atoms with Crippen molar-refractivity contribution >= 4 is 11.6 Å². The molecule has 0 bridgehead atoms. The number of hydrogen-bond acceptors (Lipinski definition) is 3. The van der Waals surface area contributed by atoms with Crippen LogP contribution in [0.2, 0.25) is 0 Å². The van der Waals surface area contributed by atoms with Crippen LogP contribution in [0.15, 0.2) is 53.5 Å². The van der Waals surface area contributed by atoms with E-state index in [1.54, 1.807) is 18.3 Å². The maximum absolute atomic E-state index is 12.6. The van der Waals surface area contributed by atoms with E-state index >= 15 is 0 Å². The van der Waals surface area contributed by atoms with Gasteiger partial charge in [-0.15, -0.1) is 0 Å². The minimum absolute atomic E-state index is 0.154. The van der Waals surface area contributed by atoms with Gasteiger partial charge >= 0.3 is 0 Å². The fourth-order valence-electron chi connectivity index (χ4n) is 2.80. The number of aromatic nitrogens is 3. The third kappa shape index (κ3) is 3.91. The number of rotatable bonds is 6. The number of pyridine rings is 1. The lowest BCUT2D eigenvalue weighted by Crippen LogP contribution is -2.16. The quantitative estimate of drug-likeness (QED) is 0.714. The highest BCUT2D eigenvalue weighted by atomic mass is 16.1. The van der Waals surface area contributed by atoms with Gasteiger partial charge in [0.25, 0.3) is 11.5 Å². The Hall–Kier alpha value is -3.15. The van der Waals surface area contributed by atoms with E-state index in [9.17, 15) is 9.59 Å². The van der Waals surface area contributed by atoms with Crippen LogP contribution in [-0.2, 0) is 6.42 Å². The summed E-state index contributed by atoms with van der Waals surface area (Å²) in [7, 11) is 0. The molecule has 3 aromatic rings. The van der Waals surface area contributed by atoms with Crippen LogP contribution >= 0.6 is 0 Å².